The van der Waals surface area contributed by atoms with Crippen LogP contribution in [0.25, 0.3) is 4.85 Å². The molecule has 0 spiro atoms. The van der Waals surface area contributed by atoms with E-state index in [1.807, 2.05) is 0 Å². The van der Waals surface area contributed by atoms with Crippen molar-refractivity contribution in [3.05, 3.63) is 74.9 Å². The number of nitrogens with zero attached hydrogens (tertiary/aromatic N) is 2. The first-order valence-electron chi connectivity index (χ1n) is 14.7. The summed E-state index contributed by atoms with van der Waals surface area (Å²) in [6.07, 6.45) is -3.86. The number of rotatable bonds is 6. The molecule has 2 unspecified atom stereocenters. The van der Waals surface area contributed by atoms with E-state index in [0.29, 0.717) is 22.4 Å². The first-order valence-corrected chi connectivity index (χ1v) is 10.2. The van der Waals surface area contributed by atoms with Crippen LogP contribution in [0.1, 0.15) is 85.9 Å². The van der Waals surface area contributed by atoms with Crippen LogP contribution in [0, 0.1) is 39.1 Å². The summed E-state index contributed by atoms with van der Waals surface area (Å²) in [6, 6.07) is 3.56. The third-order valence-corrected chi connectivity index (χ3v) is 5.85. The minimum absolute atomic E-state index is 0.150. The molecule has 2 aromatic rings. The van der Waals surface area contributed by atoms with Crippen LogP contribution in [0.2, 0.25) is 0 Å². The average Bonchev–Trinajstić information content (AvgIpc) is 3.06. The highest BCUT2D eigenvalue weighted by Gasteiger charge is 2.47. The fourth-order valence-electron chi connectivity index (χ4n) is 3.98. The molecule has 1 aliphatic rings. The van der Waals surface area contributed by atoms with Gasteiger partial charge in [-0.25, -0.2) is 9.24 Å². The van der Waals surface area contributed by atoms with Crippen LogP contribution in [0.5, 0.6) is 0 Å². The first kappa shape index (κ1) is 14.0. The molecular weight excluding hydrogens is 387 g/mol. The van der Waals surface area contributed by atoms with E-state index in [9.17, 15) is 8.50 Å². The molecule has 0 amide bonds. The van der Waals surface area contributed by atoms with Crippen molar-refractivity contribution in [1.29, 1.82) is 0 Å². The minimum atomic E-state index is -3.26. The number of hydrogen-bond donors (Lipinski definition) is 0. The topological polar surface area (TPSA) is 16.8 Å². The molecule has 0 saturated heterocycles. The first-order chi connectivity index (χ1) is 17.9. The molecule has 0 aliphatic carbocycles. The zero-order chi connectivity index (χ0) is 31.0. The highest BCUT2D eigenvalue weighted by Crippen LogP contribution is 2.53. The van der Waals surface area contributed by atoms with Gasteiger partial charge in [0.15, 0.2) is 5.69 Å². The number of ether oxygens (including phenoxy) is 1. The molecule has 0 saturated carbocycles. The van der Waals surface area contributed by atoms with E-state index >= 15 is 0 Å². The second kappa shape index (κ2) is 8.73. The fourth-order valence-corrected chi connectivity index (χ4v) is 3.98. The van der Waals surface area contributed by atoms with E-state index in [4.69, 9.17) is 19.5 Å². The van der Waals surface area contributed by atoms with E-state index in [0.717, 1.165) is 26.8 Å². The number of aryl methyl sites for hydroxylation is 1. The van der Waals surface area contributed by atoms with Gasteiger partial charge in [0.1, 0.15) is 11.4 Å². The van der Waals surface area contributed by atoms with Gasteiger partial charge in [0, 0.05) is 24.9 Å². The van der Waals surface area contributed by atoms with Crippen LogP contribution in [-0.2, 0) is 10.3 Å². The van der Waals surface area contributed by atoms with Gasteiger partial charge in [-0.3, -0.25) is 0 Å². The van der Waals surface area contributed by atoms with Crippen molar-refractivity contribution in [1.82, 2.24) is 4.90 Å². The largest absolute Gasteiger partial charge is 0.358 e. The van der Waals surface area contributed by atoms with Crippen molar-refractivity contribution in [2.45, 2.75) is 72.6 Å². The van der Waals surface area contributed by atoms with Crippen molar-refractivity contribution < 1.29 is 21.5 Å². The molecule has 3 rings (SSSR count). The molecule has 4 heteroatoms. The number of hydrogen-bond acceptors (Lipinski definition) is 2. The van der Waals surface area contributed by atoms with Crippen LogP contribution in [0.4, 0.5) is 10.1 Å². The van der Waals surface area contributed by atoms with Crippen molar-refractivity contribution in [3.8, 4) is 0 Å². The quantitative estimate of drug-likeness (QED) is 0.458. The van der Waals surface area contributed by atoms with Gasteiger partial charge in [0.25, 0.3) is 0 Å². The number of fused-ring (bicyclic) bond motifs is 1. The maximum Gasteiger partial charge on any atom is 0.190 e. The third-order valence-electron chi connectivity index (χ3n) is 5.85. The lowest BCUT2D eigenvalue weighted by atomic mass is 9.76. The number of benzene rings is 2. The summed E-state index contributed by atoms with van der Waals surface area (Å²) in [7, 11) is 0. The van der Waals surface area contributed by atoms with Gasteiger partial charge < -0.3 is 9.64 Å². The molecular formula is C27H35FN2O. The molecule has 3 nitrogen and oxygen atoms in total. The molecule has 2 aromatic carbocycles. The summed E-state index contributed by atoms with van der Waals surface area (Å²) >= 11 is 0. The van der Waals surface area contributed by atoms with Crippen molar-refractivity contribution >= 4 is 5.69 Å². The van der Waals surface area contributed by atoms with E-state index in [1.165, 1.54) is 13.0 Å². The van der Waals surface area contributed by atoms with Crippen LogP contribution < -0.4 is 0 Å². The summed E-state index contributed by atoms with van der Waals surface area (Å²) < 4.78 is 99.9. The molecule has 3 atom stereocenters. The van der Waals surface area contributed by atoms with Crippen LogP contribution in [0.15, 0.2) is 24.3 Å². The lowest BCUT2D eigenvalue weighted by Crippen LogP contribution is -2.36. The smallest absolute Gasteiger partial charge is 0.190 e. The lowest BCUT2D eigenvalue weighted by Gasteiger charge is -2.37. The Kier molecular flexibility index (Phi) is 3.95. The van der Waals surface area contributed by atoms with E-state index in [2.05, 4.69) is 4.85 Å². The summed E-state index contributed by atoms with van der Waals surface area (Å²) in [5, 5.41) is 0. The normalized spacial score (nSPS) is 28.4. The highest BCUT2D eigenvalue weighted by atomic mass is 19.1. The molecule has 1 heterocycles. The van der Waals surface area contributed by atoms with Gasteiger partial charge in [-0.15, -0.1) is 0 Å². The molecule has 166 valence electrons. The SMILES string of the molecule is [2H]C([2H])([2H])N(C([2H])(C)C)C([2H])([2H])C([2H])(C)C([2H])([2H])[C@@]1(c2ccc(F)c(C)c2C)OC(C)c2cc([N+]#[C-])c(C)cc21. The van der Waals surface area contributed by atoms with Gasteiger partial charge >= 0.3 is 0 Å². The van der Waals surface area contributed by atoms with Crippen LogP contribution in [-0.4, -0.2) is 24.4 Å². The van der Waals surface area contributed by atoms with Crippen LogP contribution >= 0.6 is 0 Å². The maximum atomic E-state index is 14.6. The predicted molar refractivity (Wildman–Crippen MR) is 125 cm³/mol. The second-order valence-corrected chi connectivity index (χ2v) is 8.27. The van der Waals surface area contributed by atoms with Crippen molar-refractivity contribution in [2.75, 3.05) is 13.5 Å². The van der Waals surface area contributed by atoms with Crippen molar-refractivity contribution in [2.24, 2.45) is 5.89 Å². The monoisotopic (exact) mass is 431 g/mol. The second-order valence-electron chi connectivity index (χ2n) is 8.27. The molecule has 0 N–H and O–H groups in total. The Morgan fingerprint density at radius 2 is 1.97 bits per heavy atom. The van der Waals surface area contributed by atoms with E-state index in [1.54, 1.807) is 32.9 Å². The number of halogens is 1. The Morgan fingerprint density at radius 1 is 1.26 bits per heavy atom. The average molecular weight is 432 g/mol. The third kappa shape index (κ3) is 4.14. The van der Waals surface area contributed by atoms with Gasteiger partial charge in [-0.05, 0) is 100 Å². The molecule has 31 heavy (non-hydrogen) atoms. The Bertz CT molecular complexity index is 1360. The van der Waals surface area contributed by atoms with Crippen LogP contribution in [0.3, 0.4) is 0 Å². The summed E-state index contributed by atoms with van der Waals surface area (Å²) in [4.78, 5) is 3.76. The summed E-state index contributed by atoms with van der Waals surface area (Å²) in [6.45, 7) is 10.8. The Labute approximate surface area is 199 Å². The Balaban J connectivity index is 2.51. The van der Waals surface area contributed by atoms with Gasteiger partial charge in [0.2, 0.25) is 0 Å². The van der Waals surface area contributed by atoms with Gasteiger partial charge in [-0.2, -0.15) is 0 Å². The molecule has 0 aromatic heterocycles. The molecule has 0 radical (unpaired) electrons. The standard InChI is InChI=1S/C27H35FN2O/c1-16(2)30(9)15-17(3)14-27(23-10-11-25(28)20(6)19(23)5)24-12-18(4)26(29-8)13-22(24)21(7)31-27/h10-13,16-17,21H,14-15H2,1-7,9H3/t17?,21?,27-/m0/s1/i9D3,14D2,15D2,16D,17D. The van der Waals surface area contributed by atoms with E-state index < -0.39 is 49.3 Å². The highest BCUT2D eigenvalue weighted by molar-refractivity contribution is 5.61. The Hall–Kier alpha value is -2.22. The fraction of sp³-hybridized carbons (Fsp3) is 0.519. The molecule has 1 aliphatic heterocycles. The van der Waals surface area contributed by atoms with Gasteiger partial charge in [-0.1, -0.05) is 25.1 Å². The minimum Gasteiger partial charge on any atom is -0.358 e. The zero-order valence-electron chi connectivity index (χ0n) is 28.1. The summed E-state index contributed by atoms with van der Waals surface area (Å²) in [5.74, 6) is -3.45. The zero-order valence-corrected chi connectivity index (χ0v) is 19.1. The Morgan fingerprint density at radius 3 is 2.58 bits per heavy atom. The van der Waals surface area contributed by atoms with Crippen molar-refractivity contribution in [3.63, 3.8) is 0 Å². The maximum absolute atomic E-state index is 14.6. The lowest BCUT2D eigenvalue weighted by molar-refractivity contribution is -0.0567. The molecule has 0 bridgehead atoms. The molecule has 0 fully saturated rings. The van der Waals surface area contributed by atoms with E-state index in [-0.39, 0.29) is 21.6 Å². The summed E-state index contributed by atoms with van der Waals surface area (Å²) in [5.41, 5.74) is -0.0437. The van der Waals surface area contributed by atoms with Gasteiger partial charge in [0.05, 0.1) is 12.7 Å². The predicted octanol–water partition coefficient (Wildman–Crippen LogP) is 7.00.